The molecule has 0 amide bonds. The number of nitrogens with zero attached hydrogens (tertiary/aromatic N) is 2. The lowest BCUT2D eigenvalue weighted by atomic mass is 10.2. The zero-order valence-electron chi connectivity index (χ0n) is 11.5. The molecule has 6 nitrogen and oxygen atoms in total. The minimum absolute atomic E-state index is 0.0340. The second-order valence-electron chi connectivity index (χ2n) is 4.92. The van der Waals surface area contributed by atoms with Crippen LogP contribution in [0.15, 0.2) is 18.2 Å². The summed E-state index contributed by atoms with van der Waals surface area (Å²) in [5.74, 6) is 0.476. The number of carbonyl (C=O) groups excluding carboxylic acids is 1. The highest BCUT2D eigenvalue weighted by molar-refractivity contribution is 5.82. The van der Waals surface area contributed by atoms with Crippen molar-refractivity contribution < 1.29 is 18.9 Å². The molecule has 0 bridgehead atoms. The van der Waals surface area contributed by atoms with Crippen molar-refractivity contribution in [1.29, 1.82) is 0 Å². The Morgan fingerprint density at radius 2 is 2.11 bits per heavy atom. The number of likely N-dealkylation sites (N-methyl/N-ethyl adjacent to an activating group) is 1. The molecule has 0 N–H and O–H groups in total. The van der Waals surface area contributed by atoms with Gasteiger partial charge in [0.1, 0.15) is 18.9 Å². The molecule has 19 heavy (non-hydrogen) atoms. The molecule has 0 spiro atoms. The molecule has 0 atom stereocenters. The monoisotopic (exact) mass is 267 g/mol. The van der Waals surface area contributed by atoms with E-state index in [9.17, 15) is 14.9 Å². The first-order chi connectivity index (χ1) is 8.89. The van der Waals surface area contributed by atoms with Crippen LogP contribution in [0.4, 0.5) is 5.69 Å². The lowest BCUT2D eigenvalue weighted by Gasteiger charge is -2.27. The molecule has 1 aromatic carbocycles. The van der Waals surface area contributed by atoms with Crippen molar-refractivity contribution >= 4 is 12.0 Å². The Labute approximate surface area is 112 Å². The van der Waals surface area contributed by atoms with Gasteiger partial charge in [0.15, 0.2) is 6.29 Å². The molecule has 0 fully saturated rings. The highest BCUT2D eigenvalue weighted by Gasteiger charge is 2.15. The van der Waals surface area contributed by atoms with E-state index in [0.29, 0.717) is 18.6 Å². The Morgan fingerprint density at radius 1 is 1.42 bits per heavy atom. The van der Waals surface area contributed by atoms with Gasteiger partial charge in [-0.3, -0.25) is 14.9 Å². The quantitative estimate of drug-likeness (QED) is 0.327. The van der Waals surface area contributed by atoms with Gasteiger partial charge in [-0.15, -0.1) is 0 Å². The van der Waals surface area contributed by atoms with Gasteiger partial charge >= 0.3 is 0 Å². The molecule has 0 aliphatic carbocycles. The fourth-order valence-corrected chi connectivity index (χ4v) is 1.45. The van der Waals surface area contributed by atoms with E-state index in [2.05, 4.69) is 21.0 Å². The van der Waals surface area contributed by atoms with Gasteiger partial charge in [0, 0.05) is 6.07 Å². The lowest BCUT2D eigenvalue weighted by molar-refractivity contribution is -0.888. The molecule has 0 aliphatic rings. The van der Waals surface area contributed by atoms with E-state index in [-0.39, 0.29) is 11.3 Å². The number of nitro benzene ring substituents is 1. The van der Waals surface area contributed by atoms with Gasteiger partial charge in [-0.1, -0.05) is 0 Å². The average molecular weight is 267 g/mol. The van der Waals surface area contributed by atoms with Crippen LogP contribution in [0.2, 0.25) is 0 Å². The number of rotatable bonds is 7. The minimum atomic E-state index is -0.579. The number of hydrogen-bond donors (Lipinski definition) is 0. The van der Waals surface area contributed by atoms with E-state index in [0.717, 1.165) is 17.6 Å². The third-order valence-corrected chi connectivity index (χ3v) is 3.14. The van der Waals surface area contributed by atoms with Crippen molar-refractivity contribution in [2.24, 2.45) is 0 Å². The molecule has 0 aliphatic heterocycles. The van der Waals surface area contributed by atoms with Gasteiger partial charge in [0.2, 0.25) is 0 Å². The maximum atomic E-state index is 10.8. The van der Waals surface area contributed by atoms with Gasteiger partial charge < -0.3 is 9.22 Å². The predicted octanol–water partition coefficient (Wildman–Crippen LogP) is 1.88. The Hall–Kier alpha value is -1.95. The average Bonchev–Trinajstić information content (AvgIpc) is 2.38. The lowest BCUT2D eigenvalue weighted by Crippen LogP contribution is -2.42. The summed E-state index contributed by atoms with van der Waals surface area (Å²) in [6, 6.07) is 4.20. The Morgan fingerprint density at radius 3 is 2.63 bits per heavy atom. The van der Waals surface area contributed by atoms with Crippen LogP contribution in [0.25, 0.3) is 0 Å². The molecule has 104 valence electrons. The Bertz CT molecular complexity index is 472. The number of benzene rings is 1. The maximum absolute atomic E-state index is 10.8. The molecule has 6 heteroatoms. The van der Waals surface area contributed by atoms with Crippen molar-refractivity contribution in [3.05, 3.63) is 33.9 Å². The van der Waals surface area contributed by atoms with E-state index in [1.165, 1.54) is 18.2 Å². The molecule has 1 rings (SSSR count). The first kappa shape index (κ1) is 15.1. The number of hydrogen-bond acceptors (Lipinski definition) is 4. The summed E-state index contributed by atoms with van der Waals surface area (Å²) in [6.45, 7) is 4.40. The molecule has 0 radical (unpaired) electrons. The summed E-state index contributed by atoms with van der Waals surface area (Å²) in [5, 5.41) is 10.7. The summed E-state index contributed by atoms with van der Waals surface area (Å²) >= 11 is 0. The third-order valence-electron chi connectivity index (χ3n) is 3.14. The molecular formula is C13H19N2O4+. The van der Waals surface area contributed by atoms with Crippen molar-refractivity contribution in [3.63, 3.8) is 0 Å². The smallest absolute Gasteiger partial charge is 0.280 e. The number of ether oxygens (including phenoxy) is 1. The van der Waals surface area contributed by atoms with Gasteiger partial charge in [-0.2, -0.15) is 0 Å². The van der Waals surface area contributed by atoms with Crippen LogP contribution in [0.5, 0.6) is 5.75 Å². The van der Waals surface area contributed by atoms with E-state index in [4.69, 9.17) is 4.74 Å². The second-order valence-corrected chi connectivity index (χ2v) is 4.92. The molecule has 0 unspecified atom stereocenters. The van der Waals surface area contributed by atoms with Gasteiger partial charge in [-0.25, -0.2) is 0 Å². The number of carbonyl (C=O) groups is 1. The second kappa shape index (κ2) is 6.29. The normalized spacial score (nSPS) is 11.1. The first-order valence-corrected chi connectivity index (χ1v) is 6.08. The fraction of sp³-hybridized carbons (Fsp3) is 0.462. The van der Waals surface area contributed by atoms with E-state index >= 15 is 0 Å². The Kier molecular flexibility index (Phi) is 5.00. The summed E-state index contributed by atoms with van der Waals surface area (Å²) in [5.41, 5.74) is -0.168. The molecule has 0 saturated heterocycles. The van der Waals surface area contributed by atoms with Crippen molar-refractivity contribution in [2.45, 2.75) is 6.92 Å². The van der Waals surface area contributed by atoms with Crippen molar-refractivity contribution in [1.82, 2.24) is 0 Å². The van der Waals surface area contributed by atoms with Crippen molar-refractivity contribution in [2.75, 3.05) is 33.8 Å². The summed E-state index contributed by atoms with van der Waals surface area (Å²) in [6.07, 6.45) is 0.469. The minimum Gasteiger partial charge on any atom is -0.488 e. The van der Waals surface area contributed by atoms with Crippen LogP contribution in [0.1, 0.15) is 17.3 Å². The van der Waals surface area contributed by atoms with Crippen LogP contribution >= 0.6 is 0 Å². The van der Waals surface area contributed by atoms with Crippen LogP contribution in [-0.2, 0) is 0 Å². The van der Waals surface area contributed by atoms with E-state index < -0.39 is 4.92 Å². The van der Waals surface area contributed by atoms with E-state index in [1.807, 2.05) is 0 Å². The van der Waals surface area contributed by atoms with Gasteiger partial charge in [0.25, 0.3) is 5.69 Å². The molecule has 0 aromatic heterocycles. The van der Waals surface area contributed by atoms with Crippen LogP contribution in [0.3, 0.4) is 0 Å². The van der Waals surface area contributed by atoms with Crippen LogP contribution < -0.4 is 4.74 Å². The Balaban J connectivity index is 2.71. The van der Waals surface area contributed by atoms with Gasteiger partial charge in [0.05, 0.1) is 31.1 Å². The number of nitro groups is 1. The zero-order valence-corrected chi connectivity index (χ0v) is 11.5. The maximum Gasteiger partial charge on any atom is 0.280 e. The highest BCUT2D eigenvalue weighted by atomic mass is 16.6. The van der Waals surface area contributed by atoms with Crippen molar-refractivity contribution in [3.8, 4) is 5.75 Å². The molecule has 1 aromatic rings. The fourth-order valence-electron chi connectivity index (χ4n) is 1.45. The van der Waals surface area contributed by atoms with Crippen LogP contribution in [0, 0.1) is 10.1 Å². The molecule has 0 saturated carbocycles. The summed E-state index contributed by atoms with van der Waals surface area (Å²) in [4.78, 5) is 20.9. The van der Waals surface area contributed by atoms with Crippen LogP contribution in [-0.4, -0.2) is 49.5 Å². The SMILES string of the molecule is CC[N+](C)(C)CCOc1ccc([N+](=O)[O-])c(C=O)c1. The highest BCUT2D eigenvalue weighted by Crippen LogP contribution is 2.22. The molecular weight excluding hydrogens is 248 g/mol. The largest absolute Gasteiger partial charge is 0.488 e. The van der Waals surface area contributed by atoms with Gasteiger partial charge in [-0.05, 0) is 19.1 Å². The third kappa shape index (κ3) is 4.33. The topological polar surface area (TPSA) is 69.4 Å². The first-order valence-electron chi connectivity index (χ1n) is 6.08. The summed E-state index contributed by atoms with van der Waals surface area (Å²) < 4.78 is 6.35. The molecule has 0 heterocycles. The summed E-state index contributed by atoms with van der Waals surface area (Å²) in [7, 11) is 4.19. The predicted molar refractivity (Wildman–Crippen MR) is 71.5 cm³/mol. The number of aldehydes is 1. The van der Waals surface area contributed by atoms with E-state index in [1.54, 1.807) is 0 Å². The zero-order chi connectivity index (χ0) is 14.5. The standard InChI is InChI=1S/C13H19N2O4/c1-4-15(2,3)7-8-19-12-5-6-13(14(17)18)11(9-12)10-16/h5-6,9-10H,4,7-8H2,1-3H3/q+1. The number of quaternary nitrogens is 1.